The molecule has 14 rings (SSSR count). The lowest BCUT2D eigenvalue weighted by Crippen LogP contribution is -2.61. The summed E-state index contributed by atoms with van der Waals surface area (Å²) >= 11 is 0. The van der Waals surface area contributed by atoms with E-state index >= 15 is 0 Å². The van der Waals surface area contributed by atoms with Crippen molar-refractivity contribution < 1.29 is 0 Å². The van der Waals surface area contributed by atoms with Gasteiger partial charge in [0, 0.05) is 50.8 Å². The van der Waals surface area contributed by atoms with Gasteiger partial charge >= 0.3 is 0 Å². The Morgan fingerprint density at radius 3 is 0.798 bits per heavy atom. The minimum Gasteiger partial charge on any atom is -0.311 e. The van der Waals surface area contributed by atoms with E-state index in [-0.39, 0.29) is 39.2 Å². The fraction of sp³-hybridized carbons (Fsp3) is 0.255. The Hall–Kier alpha value is -9.84. The standard InChI is InChI=1S/C94H95BN4/c1-89(2,3)71-39-41-79-83(57-71)98(77-53-73(91(7,8)9)51-74(54-77)92(10,11)12)85-49-70(50-86-87(85)95(79)80-42-40-72(90(4,5)6)58-84(80)99(86)78-55-75(93(13,14)15)52-76(56-78)94(16,17)18)88-96-81(68-45-64(60-31-23-19-24-32-60)43-65(46-68)61-33-25-20-26-34-61)59-82(97-88)69-47-66(62-35-27-21-28-36-62)44-67(48-69)63-37-29-22-30-38-63/h19-59H,1-18H3. The SMILES string of the molecule is CC(C)(C)c1cc(N2c3cc(C(C)(C)C)ccc3B3c4ccc(C(C)(C)C)cc4N(c4cc(C(C)(C)C)cc(C(C)(C)C)c4)c4cc(-c5nc(-c6cc(-c7ccccc7)cc(-c7ccccc7)c6)cc(-c6cc(-c7ccccc7)cc(-c7ccccc7)c6)n5)cc2c43)cc(C(C)(C)C)c1. The summed E-state index contributed by atoms with van der Waals surface area (Å²) < 4.78 is 0. The number of anilines is 6. The van der Waals surface area contributed by atoms with Gasteiger partial charge in [-0.2, -0.15) is 0 Å². The topological polar surface area (TPSA) is 32.3 Å². The van der Waals surface area contributed by atoms with Crippen LogP contribution in [0.2, 0.25) is 0 Å². The van der Waals surface area contributed by atoms with Crippen molar-refractivity contribution in [1.82, 2.24) is 9.97 Å². The van der Waals surface area contributed by atoms with E-state index in [2.05, 4.69) is 383 Å². The Morgan fingerprint density at radius 1 is 0.232 bits per heavy atom. The van der Waals surface area contributed by atoms with Gasteiger partial charge in [0.2, 0.25) is 0 Å². The van der Waals surface area contributed by atoms with E-state index in [1.54, 1.807) is 0 Å². The summed E-state index contributed by atoms with van der Waals surface area (Å²) in [5.74, 6) is 0.636. The molecule has 2 aliphatic heterocycles. The smallest absolute Gasteiger partial charge is 0.252 e. The van der Waals surface area contributed by atoms with Crippen molar-refractivity contribution in [3.05, 3.63) is 282 Å². The van der Waals surface area contributed by atoms with E-state index in [9.17, 15) is 0 Å². The molecule has 5 heteroatoms. The first-order valence-electron chi connectivity index (χ1n) is 35.6. The average molecular weight is 1290 g/mol. The number of fused-ring (bicyclic) bond motifs is 4. The second-order valence-electron chi connectivity index (χ2n) is 34.1. The molecule has 0 radical (unpaired) electrons. The highest BCUT2D eigenvalue weighted by Gasteiger charge is 2.45. The largest absolute Gasteiger partial charge is 0.311 e. The van der Waals surface area contributed by atoms with Crippen molar-refractivity contribution in [3.63, 3.8) is 0 Å². The first-order chi connectivity index (χ1) is 46.8. The predicted molar refractivity (Wildman–Crippen MR) is 426 cm³/mol. The van der Waals surface area contributed by atoms with Crippen molar-refractivity contribution in [2.75, 3.05) is 9.80 Å². The Labute approximate surface area is 591 Å². The highest BCUT2D eigenvalue weighted by atomic mass is 15.2. The quantitative estimate of drug-likeness (QED) is 0.135. The lowest BCUT2D eigenvalue weighted by Gasteiger charge is -2.45. The summed E-state index contributed by atoms with van der Waals surface area (Å²) in [5.41, 5.74) is 31.1. The number of benzene rings is 11. The van der Waals surface area contributed by atoms with E-state index in [1.807, 2.05) is 0 Å². The van der Waals surface area contributed by atoms with Gasteiger partial charge in [0.25, 0.3) is 6.71 Å². The second-order valence-corrected chi connectivity index (χ2v) is 34.1. The van der Waals surface area contributed by atoms with Gasteiger partial charge in [0.05, 0.1) is 11.4 Å². The third-order valence-corrected chi connectivity index (χ3v) is 20.5. The summed E-state index contributed by atoms with van der Waals surface area (Å²) in [6.45, 7) is 42.2. The fourth-order valence-electron chi connectivity index (χ4n) is 14.4. The maximum Gasteiger partial charge on any atom is 0.252 e. The van der Waals surface area contributed by atoms with Gasteiger partial charge in [-0.3, -0.25) is 0 Å². The minimum atomic E-state index is -0.157. The maximum atomic E-state index is 6.01. The zero-order chi connectivity index (χ0) is 69.9. The average Bonchev–Trinajstić information content (AvgIpc) is 0.692. The van der Waals surface area contributed by atoms with Crippen LogP contribution in [0.15, 0.2) is 249 Å². The lowest BCUT2D eigenvalue weighted by atomic mass is 9.33. The number of rotatable bonds is 9. The molecule has 11 aromatic carbocycles. The number of nitrogens with zero attached hydrogens (tertiary/aromatic N) is 4. The molecule has 3 heterocycles. The van der Waals surface area contributed by atoms with E-state index < -0.39 is 0 Å². The Kier molecular flexibility index (Phi) is 16.5. The Balaban J connectivity index is 1.16. The molecule has 0 aliphatic carbocycles. The van der Waals surface area contributed by atoms with Gasteiger partial charge in [-0.15, -0.1) is 0 Å². The number of aromatic nitrogens is 2. The minimum absolute atomic E-state index is 0.137. The van der Waals surface area contributed by atoms with Crippen molar-refractivity contribution in [2.24, 2.45) is 0 Å². The third kappa shape index (κ3) is 13.0. The van der Waals surface area contributed by atoms with E-state index in [0.29, 0.717) is 5.82 Å². The van der Waals surface area contributed by atoms with Crippen LogP contribution < -0.4 is 26.2 Å². The van der Waals surface area contributed by atoms with Gasteiger partial charge in [-0.25, -0.2) is 9.97 Å². The van der Waals surface area contributed by atoms with Gasteiger partial charge in [-0.1, -0.05) is 282 Å². The summed E-state index contributed by atoms with van der Waals surface area (Å²) in [7, 11) is 0. The zero-order valence-corrected chi connectivity index (χ0v) is 61.5. The first-order valence-corrected chi connectivity index (χ1v) is 35.6. The molecule has 494 valence electrons. The van der Waals surface area contributed by atoms with Crippen molar-refractivity contribution >= 4 is 57.2 Å². The van der Waals surface area contributed by atoms with Crippen LogP contribution in [0.3, 0.4) is 0 Å². The van der Waals surface area contributed by atoms with Crippen LogP contribution in [0, 0.1) is 0 Å². The summed E-state index contributed by atoms with van der Waals surface area (Å²) in [5, 5.41) is 0. The van der Waals surface area contributed by atoms with Gasteiger partial charge in [-0.05, 0) is 218 Å². The summed E-state index contributed by atoms with van der Waals surface area (Å²) in [4.78, 5) is 17.3. The van der Waals surface area contributed by atoms with Crippen LogP contribution in [0.5, 0.6) is 0 Å². The first kappa shape index (κ1) is 66.4. The molecule has 0 saturated carbocycles. The molecule has 0 amide bonds. The van der Waals surface area contributed by atoms with Crippen molar-refractivity contribution in [3.8, 4) is 78.4 Å². The van der Waals surface area contributed by atoms with Gasteiger partial charge < -0.3 is 9.80 Å². The highest BCUT2D eigenvalue weighted by molar-refractivity contribution is 7.00. The maximum absolute atomic E-state index is 6.01. The monoisotopic (exact) mass is 1290 g/mol. The summed E-state index contributed by atoms with van der Waals surface area (Å²) in [6, 6.07) is 93.9. The number of hydrogen-bond donors (Lipinski definition) is 0. The predicted octanol–water partition coefficient (Wildman–Crippen LogP) is 24.0. The molecule has 2 aliphatic rings. The molecule has 99 heavy (non-hydrogen) atoms. The molecule has 0 unspecified atom stereocenters. The summed E-state index contributed by atoms with van der Waals surface area (Å²) in [6.07, 6.45) is 0. The van der Waals surface area contributed by atoms with Crippen LogP contribution in [0.4, 0.5) is 34.1 Å². The molecule has 12 aromatic rings. The van der Waals surface area contributed by atoms with Crippen LogP contribution in [0.25, 0.3) is 78.4 Å². The van der Waals surface area contributed by atoms with Crippen molar-refractivity contribution in [1.29, 1.82) is 0 Å². The van der Waals surface area contributed by atoms with E-state index in [4.69, 9.17) is 9.97 Å². The molecule has 0 atom stereocenters. The van der Waals surface area contributed by atoms with Gasteiger partial charge in [0.15, 0.2) is 5.82 Å². The van der Waals surface area contributed by atoms with Crippen LogP contribution in [-0.2, 0) is 32.5 Å². The molecule has 4 nitrogen and oxygen atoms in total. The van der Waals surface area contributed by atoms with Gasteiger partial charge in [0.1, 0.15) is 0 Å². The Bertz CT molecular complexity index is 4570. The third-order valence-electron chi connectivity index (χ3n) is 20.5. The molecule has 0 saturated heterocycles. The van der Waals surface area contributed by atoms with E-state index in [1.165, 1.54) is 61.1 Å². The van der Waals surface area contributed by atoms with E-state index in [0.717, 1.165) is 95.3 Å². The molecule has 0 spiro atoms. The normalized spacial score (nSPS) is 13.3. The zero-order valence-electron chi connectivity index (χ0n) is 61.5. The van der Waals surface area contributed by atoms with Crippen LogP contribution in [0.1, 0.15) is 158 Å². The lowest BCUT2D eigenvalue weighted by molar-refractivity contribution is 0.568. The molecule has 0 bridgehead atoms. The molecular weight excluding hydrogens is 1200 g/mol. The number of hydrogen-bond acceptors (Lipinski definition) is 4. The molecule has 0 N–H and O–H groups in total. The second kappa shape index (κ2) is 24.6. The highest BCUT2D eigenvalue weighted by Crippen LogP contribution is 2.50. The van der Waals surface area contributed by atoms with Crippen LogP contribution in [-0.4, -0.2) is 16.7 Å². The van der Waals surface area contributed by atoms with Crippen molar-refractivity contribution in [2.45, 2.75) is 157 Å². The molecular formula is C94H95BN4. The fourth-order valence-corrected chi connectivity index (χ4v) is 14.4. The molecule has 1 aromatic heterocycles. The molecule has 0 fully saturated rings. The van der Waals surface area contributed by atoms with Crippen LogP contribution >= 0.6 is 0 Å². The Morgan fingerprint density at radius 2 is 0.515 bits per heavy atom.